The van der Waals surface area contributed by atoms with Crippen LogP contribution in [0.1, 0.15) is 23.5 Å². The summed E-state index contributed by atoms with van der Waals surface area (Å²) in [6.07, 6.45) is -3.01. The number of nitrogens with one attached hydrogen (secondary N) is 1. The monoisotopic (exact) mass is 339 g/mol. The van der Waals surface area contributed by atoms with E-state index in [1.807, 2.05) is 6.07 Å². The molecular formula is C15H16F3N5O. The third-order valence-electron chi connectivity index (χ3n) is 3.54. The molecule has 128 valence electrons. The highest BCUT2D eigenvalue weighted by Gasteiger charge is 2.57. The summed E-state index contributed by atoms with van der Waals surface area (Å²) in [5.74, 6) is -0.206. The molecule has 9 heteroatoms. The van der Waals surface area contributed by atoms with Crippen LogP contribution in [0.15, 0.2) is 24.5 Å². The number of nitriles is 1. The van der Waals surface area contributed by atoms with Gasteiger partial charge in [0.1, 0.15) is 11.6 Å². The number of anilines is 1. The van der Waals surface area contributed by atoms with Gasteiger partial charge in [-0.1, -0.05) is 0 Å². The lowest BCUT2D eigenvalue weighted by Gasteiger charge is -2.30. The Balaban J connectivity index is 2.17. The van der Waals surface area contributed by atoms with E-state index >= 15 is 0 Å². The fourth-order valence-electron chi connectivity index (χ4n) is 2.34. The van der Waals surface area contributed by atoms with Crippen LogP contribution in [0, 0.1) is 18.3 Å². The Morgan fingerprint density at radius 3 is 2.62 bits per heavy atom. The second-order valence-electron chi connectivity index (χ2n) is 5.39. The minimum Gasteiger partial charge on any atom is -0.374 e. The van der Waals surface area contributed by atoms with Crippen molar-refractivity contribution in [3.8, 4) is 6.07 Å². The molecule has 0 aromatic carbocycles. The first-order valence-electron chi connectivity index (χ1n) is 7.07. The standard InChI is InChI=1S/C15H16F3N5O/c1-10-7-11(9-19)8-12(22-10)20-4-3-14(24,15(16,17)18)13-21-5-6-23(13)2/h5-8,24H,3-4H2,1-2H3,(H,20,22). The van der Waals surface area contributed by atoms with E-state index in [-0.39, 0.29) is 12.4 Å². The maximum absolute atomic E-state index is 13.4. The summed E-state index contributed by atoms with van der Waals surface area (Å²) in [7, 11) is 1.38. The van der Waals surface area contributed by atoms with E-state index in [0.29, 0.717) is 11.3 Å². The number of nitrogens with zero attached hydrogens (tertiary/aromatic N) is 4. The van der Waals surface area contributed by atoms with Gasteiger partial charge in [0.15, 0.2) is 0 Å². The van der Waals surface area contributed by atoms with Gasteiger partial charge in [-0.25, -0.2) is 9.97 Å². The fraction of sp³-hybridized carbons (Fsp3) is 0.400. The lowest BCUT2D eigenvalue weighted by atomic mass is 9.97. The van der Waals surface area contributed by atoms with Crippen molar-refractivity contribution in [2.45, 2.75) is 25.1 Å². The topological polar surface area (TPSA) is 86.8 Å². The van der Waals surface area contributed by atoms with Crippen molar-refractivity contribution < 1.29 is 18.3 Å². The number of aryl methyl sites for hydroxylation is 2. The van der Waals surface area contributed by atoms with Gasteiger partial charge in [-0.3, -0.25) is 0 Å². The summed E-state index contributed by atoms with van der Waals surface area (Å²) in [4.78, 5) is 7.73. The summed E-state index contributed by atoms with van der Waals surface area (Å²) in [5, 5.41) is 21.8. The number of hydrogen-bond acceptors (Lipinski definition) is 5. The van der Waals surface area contributed by atoms with Gasteiger partial charge in [0.05, 0.1) is 11.6 Å². The zero-order chi connectivity index (χ0) is 18.0. The van der Waals surface area contributed by atoms with Crippen molar-refractivity contribution in [2.75, 3.05) is 11.9 Å². The zero-order valence-electron chi connectivity index (χ0n) is 13.1. The van der Waals surface area contributed by atoms with Gasteiger partial charge in [-0.2, -0.15) is 18.4 Å². The van der Waals surface area contributed by atoms with Gasteiger partial charge >= 0.3 is 6.18 Å². The molecule has 6 nitrogen and oxygen atoms in total. The summed E-state index contributed by atoms with van der Waals surface area (Å²) in [6, 6.07) is 4.94. The molecular weight excluding hydrogens is 323 g/mol. The van der Waals surface area contributed by atoms with Gasteiger partial charge in [0.25, 0.3) is 0 Å². The van der Waals surface area contributed by atoms with E-state index in [1.165, 1.54) is 25.5 Å². The summed E-state index contributed by atoms with van der Waals surface area (Å²) >= 11 is 0. The second kappa shape index (κ2) is 6.49. The third kappa shape index (κ3) is 3.49. The van der Waals surface area contributed by atoms with Crippen LogP contribution >= 0.6 is 0 Å². The number of hydrogen-bond donors (Lipinski definition) is 2. The Hall–Kier alpha value is -2.60. The molecule has 0 aliphatic heterocycles. The first kappa shape index (κ1) is 17.7. The second-order valence-corrected chi connectivity index (χ2v) is 5.39. The first-order valence-corrected chi connectivity index (χ1v) is 7.07. The highest BCUT2D eigenvalue weighted by atomic mass is 19.4. The maximum Gasteiger partial charge on any atom is 0.424 e. The van der Waals surface area contributed by atoms with E-state index < -0.39 is 24.0 Å². The Morgan fingerprint density at radius 2 is 2.08 bits per heavy atom. The van der Waals surface area contributed by atoms with Crippen LogP contribution in [0.4, 0.5) is 19.0 Å². The molecule has 0 aliphatic rings. The molecule has 0 bridgehead atoms. The molecule has 0 radical (unpaired) electrons. The van der Waals surface area contributed by atoms with Gasteiger partial charge < -0.3 is 15.0 Å². The van der Waals surface area contributed by atoms with Crippen LogP contribution < -0.4 is 5.32 Å². The van der Waals surface area contributed by atoms with Crippen LogP contribution in [-0.4, -0.2) is 32.4 Å². The SMILES string of the molecule is Cc1cc(C#N)cc(NCCC(O)(c2nccn2C)C(F)(F)F)n1. The van der Waals surface area contributed by atoms with Gasteiger partial charge in [0.2, 0.25) is 5.60 Å². The van der Waals surface area contributed by atoms with E-state index in [1.54, 1.807) is 13.0 Å². The quantitative estimate of drug-likeness (QED) is 0.872. The first-order chi connectivity index (χ1) is 11.2. The minimum atomic E-state index is -4.88. The van der Waals surface area contributed by atoms with Crippen LogP contribution in [0.25, 0.3) is 0 Å². The predicted molar refractivity (Wildman–Crippen MR) is 80.0 cm³/mol. The highest BCUT2D eigenvalue weighted by Crippen LogP contribution is 2.40. The van der Waals surface area contributed by atoms with Crippen molar-refractivity contribution in [1.29, 1.82) is 5.26 Å². The molecule has 0 amide bonds. The number of alkyl halides is 3. The normalized spacial score (nSPS) is 14.0. The van der Waals surface area contributed by atoms with Gasteiger partial charge in [-0.15, -0.1) is 0 Å². The Bertz CT molecular complexity index is 765. The molecule has 1 unspecified atom stereocenters. The molecule has 2 N–H and O–H groups in total. The molecule has 0 fully saturated rings. The smallest absolute Gasteiger partial charge is 0.374 e. The number of pyridine rings is 1. The van der Waals surface area contributed by atoms with Crippen LogP contribution in [-0.2, 0) is 12.6 Å². The lowest BCUT2D eigenvalue weighted by molar-refractivity contribution is -0.271. The number of rotatable bonds is 5. The van der Waals surface area contributed by atoms with Gasteiger partial charge in [0, 0.05) is 38.1 Å². The fourth-order valence-corrected chi connectivity index (χ4v) is 2.34. The molecule has 0 saturated heterocycles. The molecule has 0 saturated carbocycles. The van der Waals surface area contributed by atoms with E-state index in [9.17, 15) is 18.3 Å². The average Bonchev–Trinajstić information content (AvgIpc) is 2.92. The summed E-state index contributed by atoms with van der Waals surface area (Å²) in [5.41, 5.74) is -2.17. The molecule has 2 rings (SSSR count). The maximum atomic E-state index is 13.4. The number of imidazole rings is 1. The van der Waals surface area contributed by atoms with Crippen LogP contribution in [0.2, 0.25) is 0 Å². The molecule has 24 heavy (non-hydrogen) atoms. The Kier molecular flexibility index (Phi) is 4.80. The lowest BCUT2D eigenvalue weighted by Crippen LogP contribution is -2.45. The Morgan fingerprint density at radius 1 is 1.38 bits per heavy atom. The van der Waals surface area contributed by atoms with Crippen molar-refractivity contribution in [3.63, 3.8) is 0 Å². The summed E-state index contributed by atoms with van der Waals surface area (Å²) < 4.78 is 41.2. The molecule has 2 heterocycles. The number of halogens is 3. The highest BCUT2D eigenvalue weighted by molar-refractivity contribution is 5.44. The van der Waals surface area contributed by atoms with Crippen LogP contribution in [0.5, 0.6) is 0 Å². The molecule has 0 spiro atoms. The van der Waals surface area contributed by atoms with E-state index in [0.717, 1.165) is 4.57 Å². The number of aliphatic hydroxyl groups is 1. The predicted octanol–water partition coefficient (Wildman–Crippen LogP) is 2.25. The molecule has 2 aromatic heterocycles. The van der Waals surface area contributed by atoms with Gasteiger partial charge in [-0.05, 0) is 19.1 Å². The van der Waals surface area contributed by atoms with Crippen molar-refractivity contribution in [3.05, 3.63) is 41.6 Å². The van der Waals surface area contributed by atoms with Crippen molar-refractivity contribution in [2.24, 2.45) is 7.05 Å². The molecule has 0 aliphatic carbocycles. The van der Waals surface area contributed by atoms with Crippen molar-refractivity contribution >= 4 is 5.82 Å². The third-order valence-corrected chi connectivity index (χ3v) is 3.54. The molecule has 2 aromatic rings. The van der Waals surface area contributed by atoms with Crippen LogP contribution in [0.3, 0.4) is 0 Å². The largest absolute Gasteiger partial charge is 0.424 e. The van der Waals surface area contributed by atoms with Crippen molar-refractivity contribution in [1.82, 2.24) is 14.5 Å². The average molecular weight is 339 g/mol. The van der Waals surface area contributed by atoms with E-state index in [2.05, 4.69) is 15.3 Å². The van der Waals surface area contributed by atoms with E-state index in [4.69, 9.17) is 5.26 Å². The summed E-state index contributed by atoms with van der Waals surface area (Å²) in [6.45, 7) is 1.47. The number of aromatic nitrogens is 3. The zero-order valence-corrected chi connectivity index (χ0v) is 13.1. The minimum absolute atomic E-state index is 0.204. The molecule has 1 atom stereocenters. The Labute approximate surface area is 136 Å².